The van der Waals surface area contributed by atoms with Gasteiger partial charge in [0.25, 0.3) is 5.91 Å². The van der Waals surface area contributed by atoms with Crippen molar-refractivity contribution in [1.29, 1.82) is 0 Å². The number of amides is 3. The van der Waals surface area contributed by atoms with E-state index in [4.69, 9.17) is 0 Å². The van der Waals surface area contributed by atoms with Crippen molar-refractivity contribution in [3.05, 3.63) is 84.0 Å². The Balaban J connectivity index is 1.44. The average Bonchev–Trinajstić information content (AvgIpc) is 3.26. The van der Waals surface area contributed by atoms with Gasteiger partial charge >= 0.3 is 0 Å². The molecule has 5 atom stereocenters. The van der Waals surface area contributed by atoms with Crippen molar-refractivity contribution in [2.75, 3.05) is 36.0 Å². The number of benzene rings is 2. The van der Waals surface area contributed by atoms with Crippen LogP contribution in [0.5, 0.6) is 0 Å². The van der Waals surface area contributed by atoms with E-state index in [0.29, 0.717) is 32.5 Å². The SMILES string of the molecule is Cc1ccc(C)c(N2CC=C[C@]34S[C@@H]5C=CCN(c6ccccc6)C(=O)[C@@H]5[C@H]3C(=O)N(CCCCO)C4C2=O)c1. The van der Waals surface area contributed by atoms with Crippen LogP contribution in [0.25, 0.3) is 0 Å². The molecule has 1 spiro atoms. The Labute approximate surface area is 239 Å². The van der Waals surface area contributed by atoms with Crippen LogP contribution in [0.1, 0.15) is 24.0 Å². The number of aryl methyl sites for hydroxylation is 2. The lowest BCUT2D eigenvalue weighted by atomic mass is 9.78. The number of fused-ring (bicyclic) bond motifs is 2. The molecule has 2 saturated heterocycles. The highest BCUT2D eigenvalue weighted by atomic mass is 32.2. The molecule has 0 bridgehead atoms. The Morgan fingerprint density at radius 3 is 2.48 bits per heavy atom. The summed E-state index contributed by atoms with van der Waals surface area (Å²) >= 11 is 1.60. The Morgan fingerprint density at radius 2 is 1.70 bits per heavy atom. The summed E-state index contributed by atoms with van der Waals surface area (Å²) in [5.41, 5.74) is 3.71. The molecule has 4 heterocycles. The molecule has 1 N–H and O–H groups in total. The minimum atomic E-state index is -0.852. The van der Waals surface area contributed by atoms with Crippen LogP contribution >= 0.6 is 11.8 Å². The van der Waals surface area contributed by atoms with Gasteiger partial charge in [-0.2, -0.15) is 0 Å². The first-order valence-corrected chi connectivity index (χ1v) is 14.9. The van der Waals surface area contributed by atoms with Gasteiger partial charge < -0.3 is 19.8 Å². The van der Waals surface area contributed by atoms with Crippen molar-refractivity contribution >= 4 is 40.9 Å². The van der Waals surface area contributed by atoms with E-state index in [1.165, 1.54) is 0 Å². The summed E-state index contributed by atoms with van der Waals surface area (Å²) in [5.74, 6) is -1.55. The highest BCUT2D eigenvalue weighted by Gasteiger charge is 2.71. The minimum Gasteiger partial charge on any atom is -0.396 e. The van der Waals surface area contributed by atoms with Gasteiger partial charge in [0.2, 0.25) is 11.8 Å². The molecule has 2 aromatic carbocycles. The molecule has 4 aliphatic rings. The molecule has 0 saturated carbocycles. The maximum Gasteiger partial charge on any atom is 0.251 e. The Kier molecular flexibility index (Phi) is 7.09. The molecule has 40 heavy (non-hydrogen) atoms. The van der Waals surface area contributed by atoms with E-state index >= 15 is 0 Å². The van der Waals surface area contributed by atoms with Crippen molar-refractivity contribution in [2.45, 2.75) is 42.7 Å². The molecule has 6 rings (SSSR count). The monoisotopic (exact) mass is 557 g/mol. The van der Waals surface area contributed by atoms with E-state index in [9.17, 15) is 19.5 Å². The molecule has 4 aliphatic heterocycles. The van der Waals surface area contributed by atoms with Gasteiger partial charge in [-0.15, -0.1) is 11.8 Å². The molecule has 1 unspecified atom stereocenters. The van der Waals surface area contributed by atoms with Crippen LogP contribution in [0, 0.1) is 25.7 Å². The lowest BCUT2D eigenvalue weighted by Gasteiger charge is -2.35. The molecule has 208 valence electrons. The predicted octanol–water partition coefficient (Wildman–Crippen LogP) is 3.88. The van der Waals surface area contributed by atoms with E-state index in [1.54, 1.807) is 26.5 Å². The summed E-state index contributed by atoms with van der Waals surface area (Å²) in [6.07, 6.45) is 9.28. The highest BCUT2D eigenvalue weighted by molar-refractivity contribution is 8.02. The third-order valence-corrected chi connectivity index (χ3v) is 10.4. The second-order valence-corrected chi connectivity index (χ2v) is 12.6. The fourth-order valence-electron chi connectivity index (χ4n) is 6.84. The number of rotatable bonds is 6. The summed E-state index contributed by atoms with van der Waals surface area (Å²) in [5, 5.41) is 9.24. The number of likely N-dealkylation sites (tertiary alicyclic amines) is 1. The quantitative estimate of drug-likeness (QED) is 0.431. The fraction of sp³-hybridized carbons (Fsp3) is 0.406. The zero-order chi connectivity index (χ0) is 28.0. The largest absolute Gasteiger partial charge is 0.396 e. The maximum atomic E-state index is 14.6. The molecule has 0 aliphatic carbocycles. The first-order valence-electron chi connectivity index (χ1n) is 14.1. The number of para-hydroxylation sites is 1. The highest BCUT2D eigenvalue weighted by Crippen LogP contribution is 2.61. The average molecular weight is 558 g/mol. The molecule has 0 aromatic heterocycles. The number of carbonyl (C=O) groups excluding carboxylic acids is 3. The predicted molar refractivity (Wildman–Crippen MR) is 158 cm³/mol. The van der Waals surface area contributed by atoms with Crippen LogP contribution in [0.15, 0.2) is 72.8 Å². The molecular formula is C32H35N3O4S. The van der Waals surface area contributed by atoms with Crippen molar-refractivity contribution in [2.24, 2.45) is 11.8 Å². The van der Waals surface area contributed by atoms with E-state index < -0.39 is 22.6 Å². The summed E-state index contributed by atoms with van der Waals surface area (Å²) < 4.78 is -0.852. The second kappa shape index (κ2) is 10.6. The van der Waals surface area contributed by atoms with Gasteiger partial charge in [0, 0.05) is 42.9 Å². The lowest BCUT2D eigenvalue weighted by Crippen LogP contribution is -2.53. The normalized spacial score (nSPS) is 29.4. The molecule has 8 heteroatoms. The van der Waals surface area contributed by atoms with Gasteiger partial charge in [-0.1, -0.05) is 54.6 Å². The first-order chi connectivity index (χ1) is 19.4. The molecule has 3 amide bonds. The number of hydrogen-bond acceptors (Lipinski definition) is 5. The number of aliphatic hydroxyl groups is 1. The Hall–Kier alpha value is -3.36. The summed E-state index contributed by atoms with van der Waals surface area (Å²) in [6.45, 7) is 5.25. The van der Waals surface area contributed by atoms with Crippen LogP contribution in [0.2, 0.25) is 0 Å². The smallest absolute Gasteiger partial charge is 0.251 e. The Bertz CT molecular complexity index is 1390. The maximum absolute atomic E-state index is 14.6. The minimum absolute atomic E-state index is 0.0263. The number of carbonyl (C=O) groups is 3. The number of hydrogen-bond donors (Lipinski definition) is 1. The number of thioether (sulfide) groups is 1. The third-order valence-electron chi connectivity index (χ3n) is 8.69. The molecular weight excluding hydrogens is 522 g/mol. The third kappa shape index (κ3) is 4.20. The van der Waals surface area contributed by atoms with Gasteiger partial charge in [-0.05, 0) is 56.0 Å². The number of anilines is 2. The van der Waals surface area contributed by atoms with Crippen LogP contribution in [-0.4, -0.2) is 70.0 Å². The van der Waals surface area contributed by atoms with E-state index in [-0.39, 0.29) is 29.6 Å². The summed E-state index contributed by atoms with van der Waals surface area (Å²) in [4.78, 5) is 48.5. The van der Waals surface area contributed by atoms with Crippen LogP contribution in [0.3, 0.4) is 0 Å². The van der Waals surface area contributed by atoms with E-state index in [1.807, 2.05) is 74.5 Å². The van der Waals surface area contributed by atoms with Crippen LogP contribution in [-0.2, 0) is 14.4 Å². The van der Waals surface area contributed by atoms with Gasteiger partial charge in [-0.25, -0.2) is 0 Å². The molecule has 2 fully saturated rings. The zero-order valence-electron chi connectivity index (χ0n) is 22.9. The summed E-state index contributed by atoms with van der Waals surface area (Å²) in [7, 11) is 0. The number of nitrogens with zero attached hydrogens (tertiary/aromatic N) is 3. The van der Waals surface area contributed by atoms with Gasteiger partial charge in [0.1, 0.15) is 6.04 Å². The zero-order valence-corrected chi connectivity index (χ0v) is 23.7. The number of unbranched alkanes of at least 4 members (excludes halogenated alkanes) is 1. The standard InChI is InChI=1S/C32H35N3O4S/c1-21-13-14-22(2)24(20-21)34-18-9-15-32-27(30(38)35(16-6-7-19-36)28(32)31(34)39)26-25(40-32)12-8-17-33(29(26)37)23-10-4-3-5-11-23/h3-5,8-15,20,25-28,36H,6-7,16-19H2,1-2H3/t25-,26+,27+,28?,32+/m1/s1. The van der Waals surface area contributed by atoms with Gasteiger partial charge in [0.05, 0.1) is 16.6 Å². The van der Waals surface area contributed by atoms with Crippen molar-refractivity contribution in [3.8, 4) is 0 Å². The van der Waals surface area contributed by atoms with E-state index in [0.717, 1.165) is 22.5 Å². The molecule has 0 radical (unpaired) electrons. The van der Waals surface area contributed by atoms with Crippen molar-refractivity contribution in [1.82, 2.24) is 4.90 Å². The number of aliphatic hydroxyl groups excluding tert-OH is 1. The fourth-order valence-corrected chi connectivity index (χ4v) is 8.84. The molecule has 7 nitrogen and oxygen atoms in total. The van der Waals surface area contributed by atoms with Crippen LogP contribution < -0.4 is 9.80 Å². The topological polar surface area (TPSA) is 81.2 Å². The van der Waals surface area contributed by atoms with Crippen LogP contribution in [0.4, 0.5) is 11.4 Å². The second-order valence-electron chi connectivity index (χ2n) is 11.2. The van der Waals surface area contributed by atoms with Gasteiger partial charge in [-0.3, -0.25) is 14.4 Å². The van der Waals surface area contributed by atoms with E-state index in [2.05, 4.69) is 12.2 Å². The van der Waals surface area contributed by atoms with Gasteiger partial charge in [0.15, 0.2) is 0 Å². The van der Waals surface area contributed by atoms with Crippen molar-refractivity contribution in [3.63, 3.8) is 0 Å². The van der Waals surface area contributed by atoms with Crippen molar-refractivity contribution < 1.29 is 19.5 Å². The first kappa shape index (κ1) is 26.8. The Morgan fingerprint density at radius 1 is 0.925 bits per heavy atom. The summed E-state index contributed by atoms with van der Waals surface area (Å²) in [6, 6.07) is 14.9. The lowest BCUT2D eigenvalue weighted by molar-refractivity contribution is -0.138. The molecule has 2 aromatic rings.